The van der Waals surface area contributed by atoms with Gasteiger partial charge in [-0.05, 0) is 25.0 Å². The van der Waals surface area contributed by atoms with Crippen molar-refractivity contribution in [1.82, 2.24) is 19.6 Å². The average Bonchev–Trinajstić information content (AvgIpc) is 3.16. The third-order valence-electron chi connectivity index (χ3n) is 4.90. The largest absolute Gasteiger partial charge is 0.464 e. The quantitative estimate of drug-likeness (QED) is 0.287. The predicted molar refractivity (Wildman–Crippen MR) is 131 cm³/mol. The molecule has 4 N–H and O–H groups in total. The number of benzene rings is 1. The van der Waals surface area contributed by atoms with Gasteiger partial charge in [0, 0.05) is 6.42 Å². The van der Waals surface area contributed by atoms with Gasteiger partial charge in [0.15, 0.2) is 0 Å². The van der Waals surface area contributed by atoms with E-state index in [2.05, 4.69) is 15.1 Å². The van der Waals surface area contributed by atoms with E-state index in [0.29, 0.717) is 0 Å². The molecule has 0 saturated carbocycles. The molecule has 3 rings (SSSR count). The third kappa shape index (κ3) is 7.77. The lowest BCUT2D eigenvalue weighted by Crippen LogP contribution is -2.36. The summed E-state index contributed by atoms with van der Waals surface area (Å²) in [5, 5.41) is 12.2. The van der Waals surface area contributed by atoms with Crippen molar-refractivity contribution in [2.75, 3.05) is 18.9 Å². The first-order valence-corrected chi connectivity index (χ1v) is 13.5. The number of ether oxygens (including phenoxy) is 1. The van der Waals surface area contributed by atoms with Gasteiger partial charge in [0.25, 0.3) is 0 Å². The van der Waals surface area contributed by atoms with Crippen LogP contribution >= 0.6 is 19.5 Å². The summed E-state index contributed by atoms with van der Waals surface area (Å²) in [6.07, 6.45) is 0.627. The minimum absolute atomic E-state index is 0.138. The number of nitrogens with zero attached hydrogens (tertiary/aromatic N) is 3. The second-order valence-corrected chi connectivity index (χ2v) is 11.5. The maximum absolute atomic E-state index is 13.6. The SMILES string of the molecule is CC(C)COC(=O)[C@H](C)NP(=O)(OC[C@H]1S[C@@H](n2cnc(N)nc2=O)CC1O)Oc1ccccc1. The van der Waals surface area contributed by atoms with Gasteiger partial charge in [-0.3, -0.25) is 13.9 Å². The number of nitrogens with two attached hydrogens (primary N) is 1. The zero-order valence-corrected chi connectivity index (χ0v) is 21.4. The molecule has 1 aromatic heterocycles. The Morgan fingerprint density at radius 3 is 2.71 bits per heavy atom. The van der Waals surface area contributed by atoms with Crippen LogP contribution in [0.1, 0.15) is 32.6 Å². The Labute approximate surface area is 207 Å². The zero-order chi connectivity index (χ0) is 25.6. The normalized spacial score (nSPS) is 22.5. The predicted octanol–water partition coefficient (Wildman–Crippen LogP) is 1.97. The number of nitrogens with one attached hydrogen (secondary N) is 1. The van der Waals surface area contributed by atoms with Crippen molar-refractivity contribution < 1.29 is 28.3 Å². The van der Waals surface area contributed by atoms with Crippen molar-refractivity contribution in [3.05, 3.63) is 47.1 Å². The standard InChI is InChI=1S/C21H30N5O7PS/c1-13(2)10-31-19(28)14(3)25-34(30,33-15-7-5-4-6-8-15)32-11-17-16(27)9-18(35-17)26-12-23-20(22)24-21(26)29/h4-8,12-14,16-18,27H,9-11H2,1-3H3,(H,25,30)(H2,22,24,29)/t14-,16?,17+,18+,34?/m0/s1. The van der Waals surface area contributed by atoms with Crippen molar-refractivity contribution in [2.45, 2.75) is 50.0 Å². The number of hydrogen-bond acceptors (Lipinski definition) is 11. The van der Waals surface area contributed by atoms with Crippen molar-refractivity contribution >= 4 is 31.4 Å². The summed E-state index contributed by atoms with van der Waals surface area (Å²) in [6.45, 7) is 5.34. The van der Waals surface area contributed by atoms with Crippen molar-refractivity contribution in [1.29, 1.82) is 0 Å². The van der Waals surface area contributed by atoms with Crippen LogP contribution in [0.5, 0.6) is 5.75 Å². The number of carbonyl (C=O) groups is 1. The van der Waals surface area contributed by atoms with E-state index in [9.17, 15) is 19.3 Å². The van der Waals surface area contributed by atoms with Gasteiger partial charge in [-0.2, -0.15) is 10.1 Å². The Morgan fingerprint density at radius 1 is 1.34 bits per heavy atom. The highest BCUT2D eigenvalue weighted by molar-refractivity contribution is 8.00. The molecule has 0 radical (unpaired) electrons. The molecule has 0 spiro atoms. The number of nitrogen functional groups attached to an aromatic ring is 1. The number of esters is 1. The Balaban J connectivity index is 1.69. The molecule has 0 amide bonds. The Bertz CT molecular complexity index is 1100. The van der Waals surface area contributed by atoms with Crippen LogP contribution < -0.4 is 21.0 Å². The summed E-state index contributed by atoms with van der Waals surface area (Å²) in [5.74, 6) is -0.324. The minimum atomic E-state index is -4.07. The van der Waals surface area contributed by atoms with Crippen LogP contribution in [0.25, 0.3) is 0 Å². The lowest BCUT2D eigenvalue weighted by Gasteiger charge is -2.24. The van der Waals surface area contributed by atoms with Crippen molar-refractivity contribution in [3.8, 4) is 5.75 Å². The number of rotatable bonds is 11. The van der Waals surface area contributed by atoms with Crippen molar-refractivity contribution in [2.24, 2.45) is 5.92 Å². The lowest BCUT2D eigenvalue weighted by molar-refractivity contribution is -0.146. The summed E-state index contributed by atoms with van der Waals surface area (Å²) in [4.78, 5) is 31.9. The summed E-state index contributed by atoms with van der Waals surface area (Å²) in [7, 11) is -4.07. The highest BCUT2D eigenvalue weighted by Crippen LogP contribution is 2.48. The monoisotopic (exact) mass is 527 g/mol. The van der Waals surface area contributed by atoms with E-state index in [4.69, 9.17) is 19.5 Å². The number of hydrogen-bond donors (Lipinski definition) is 3. The number of thioether (sulfide) groups is 1. The molecule has 2 aromatic rings. The van der Waals surface area contributed by atoms with Crippen molar-refractivity contribution in [3.63, 3.8) is 0 Å². The van der Waals surface area contributed by atoms with Crippen LogP contribution in [0, 0.1) is 5.92 Å². The van der Waals surface area contributed by atoms with Gasteiger partial charge < -0.3 is 20.1 Å². The molecule has 1 aliphatic rings. The molecule has 35 heavy (non-hydrogen) atoms. The van der Waals surface area contributed by atoms with Crippen LogP contribution in [0.3, 0.4) is 0 Å². The summed E-state index contributed by atoms with van der Waals surface area (Å²) in [5.41, 5.74) is 4.85. The fourth-order valence-corrected chi connectivity index (χ4v) is 6.18. The molecule has 2 heterocycles. The molecule has 1 aromatic carbocycles. The van der Waals surface area contributed by atoms with E-state index >= 15 is 0 Å². The number of aromatic nitrogens is 3. The molecule has 1 aliphatic heterocycles. The van der Waals surface area contributed by atoms with Crippen LogP contribution in [0.2, 0.25) is 0 Å². The highest BCUT2D eigenvalue weighted by Gasteiger charge is 2.39. The first kappa shape index (κ1) is 27.2. The smallest absolute Gasteiger partial charge is 0.459 e. The van der Waals surface area contributed by atoms with Gasteiger partial charge in [-0.15, -0.1) is 11.8 Å². The molecule has 192 valence electrons. The lowest BCUT2D eigenvalue weighted by atomic mass is 10.2. The van der Waals surface area contributed by atoms with Gasteiger partial charge in [0.2, 0.25) is 5.95 Å². The minimum Gasteiger partial charge on any atom is -0.464 e. The topological polar surface area (TPSA) is 168 Å². The van der Waals surface area contributed by atoms with E-state index < -0.39 is 42.2 Å². The first-order chi connectivity index (χ1) is 16.6. The maximum Gasteiger partial charge on any atom is 0.459 e. The highest BCUT2D eigenvalue weighted by atomic mass is 32.2. The van der Waals surface area contributed by atoms with E-state index in [0.717, 1.165) is 0 Å². The average molecular weight is 528 g/mol. The van der Waals surface area contributed by atoms with E-state index in [-0.39, 0.29) is 37.3 Å². The molecule has 5 atom stereocenters. The Kier molecular flexibility index (Phi) is 9.31. The molecular weight excluding hydrogens is 497 g/mol. The van der Waals surface area contributed by atoms with Crippen LogP contribution in [-0.2, 0) is 18.6 Å². The summed E-state index contributed by atoms with van der Waals surface area (Å²) >= 11 is 1.25. The van der Waals surface area contributed by atoms with Crippen LogP contribution in [0.4, 0.5) is 5.95 Å². The van der Waals surface area contributed by atoms with Crippen LogP contribution in [-0.4, -0.2) is 56.2 Å². The second kappa shape index (κ2) is 12.0. The van der Waals surface area contributed by atoms with Gasteiger partial charge >= 0.3 is 19.4 Å². The van der Waals surface area contributed by atoms with E-state index in [1.807, 2.05) is 13.8 Å². The van der Waals surface area contributed by atoms with E-state index in [1.165, 1.54) is 29.6 Å². The molecule has 0 aliphatic carbocycles. The van der Waals surface area contributed by atoms with Gasteiger partial charge in [0.1, 0.15) is 18.1 Å². The Hall–Kier alpha value is -2.44. The molecule has 1 fully saturated rings. The summed E-state index contributed by atoms with van der Waals surface area (Å²) < 4.78 is 31.4. The molecular formula is C21H30N5O7PS. The van der Waals surface area contributed by atoms with Crippen LogP contribution in [0.15, 0.2) is 41.5 Å². The number of carbonyl (C=O) groups excluding carboxylic acids is 1. The molecule has 12 nitrogen and oxygen atoms in total. The maximum atomic E-state index is 13.6. The number of aliphatic hydroxyl groups excluding tert-OH is 1. The fourth-order valence-electron chi connectivity index (χ4n) is 3.13. The molecule has 14 heteroatoms. The van der Waals surface area contributed by atoms with Gasteiger partial charge in [-0.25, -0.2) is 14.3 Å². The number of para-hydroxylation sites is 1. The van der Waals surface area contributed by atoms with Gasteiger partial charge in [-0.1, -0.05) is 32.0 Å². The number of anilines is 1. The summed E-state index contributed by atoms with van der Waals surface area (Å²) in [6, 6.07) is 7.39. The first-order valence-electron chi connectivity index (χ1n) is 11.0. The molecule has 1 saturated heterocycles. The third-order valence-corrected chi connectivity index (χ3v) is 8.08. The van der Waals surface area contributed by atoms with E-state index in [1.54, 1.807) is 30.3 Å². The fraction of sp³-hybridized carbons (Fsp3) is 0.524. The Morgan fingerprint density at radius 2 is 2.06 bits per heavy atom. The number of aliphatic hydroxyl groups is 1. The molecule has 2 unspecified atom stereocenters. The second-order valence-electron chi connectivity index (χ2n) is 8.41. The molecule has 0 bridgehead atoms. The van der Waals surface area contributed by atoms with Gasteiger partial charge in [0.05, 0.1) is 29.9 Å². The zero-order valence-electron chi connectivity index (χ0n) is 19.6.